The maximum Gasteiger partial charge on any atom is 0.414 e. The lowest BCUT2D eigenvalue weighted by atomic mass is 10.2. The van der Waals surface area contributed by atoms with E-state index in [0.717, 1.165) is 0 Å². The molecule has 0 fully saturated rings. The Morgan fingerprint density at radius 2 is 2.00 bits per heavy atom. The van der Waals surface area contributed by atoms with Crippen molar-refractivity contribution < 1.29 is 18.3 Å². The van der Waals surface area contributed by atoms with Crippen LogP contribution in [0.3, 0.4) is 0 Å². The van der Waals surface area contributed by atoms with Gasteiger partial charge in [0.15, 0.2) is 6.10 Å². The van der Waals surface area contributed by atoms with Crippen LogP contribution in [0.4, 0.5) is 13.2 Å². The van der Waals surface area contributed by atoms with E-state index in [9.17, 15) is 13.2 Å². The number of aliphatic hydroxyl groups excluding tert-OH is 1. The molecule has 58 valence electrons. The molecule has 0 aliphatic heterocycles. The van der Waals surface area contributed by atoms with Gasteiger partial charge in [-0.3, -0.25) is 0 Å². The molecule has 5 heteroatoms. The van der Waals surface area contributed by atoms with Crippen LogP contribution in [-0.4, -0.2) is 17.4 Å². The molecule has 0 aliphatic carbocycles. The summed E-state index contributed by atoms with van der Waals surface area (Å²) in [5.41, 5.74) is 0. The zero-order valence-electron chi connectivity index (χ0n) is 5.02. The van der Waals surface area contributed by atoms with Crippen molar-refractivity contribution in [2.24, 2.45) is 0 Å². The van der Waals surface area contributed by atoms with E-state index < -0.39 is 18.7 Å². The Kier molecular flexibility index (Phi) is 3.16. The minimum atomic E-state index is -4.59. The molecule has 0 saturated heterocycles. The van der Waals surface area contributed by atoms with E-state index >= 15 is 0 Å². The average Bonchev–Trinajstić information content (AvgIpc) is 1.80. The highest BCUT2D eigenvalue weighted by atomic mass is 19.4. The van der Waals surface area contributed by atoms with Gasteiger partial charge in [-0.25, -0.2) is 0 Å². The maximum atomic E-state index is 11.4. The van der Waals surface area contributed by atoms with E-state index in [4.69, 9.17) is 10.4 Å². The van der Waals surface area contributed by atoms with Gasteiger partial charge in [-0.1, -0.05) is 0 Å². The summed E-state index contributed by atoms with van der Waals surface area (Å²) in [7, 11) is 0. The Labute approximate surface area is 55.9 Å². The Morgan fingerprint density at radius 3 is 2.30 bits per heavy atom. The van der Waals surface area contributed by atoms with Crippen LogP contribution in [0, 0.1) is 11.3 Å². The van der Waals surface area contributed by atoms with Crippen molar-refractivity contribution in [3.8, 4) is 6.07 Å². The van der Waals surface area contributed by atoms with E-state index in [1.807, 2.05) is 0 Å². The first-order valence-electron chi connectivity index (χ1n) is 2.60. The summed E-state index contributed by atoms with van der Waals surface area (Å²) >= 11 is 0. The lowest BCUT2D eigenvalue weighted by molar-refractivity contribution is -0.204. The first-order chi connectivity index (χ1) is 4.48. The second-order valence-electron chi connectivity index (χ2n) is 1.75. The summed E-state index contributed by atoms with van der Waals surface area (Å²) in [5, 5.41) is 16.1. The van der Waals surface area contributed by atoms with Crippen LogP contribution in [0.25, 0.3) is 0 Å². The van der Waals surface area contributed by atoms with Crippen molar-refractivity contribution in [2.45, 2.75) is 25.1 Å². The fourth-order valence-electron chi connectivity index (χ4n) is 0.365. The van der Waals surface area contributed by atoms with Gasteiger partial charge in [0.25, 0.3) is 0 Å². The molecule has 0 aliphatic rings. The van der Waals surface area contributed by atoms with Crippen LogP contribution in [0.5, 0.6) is 0 Å². The minimum absolute atomic E-state index is 0.277. The van der Waals surface area contributed by atoms with Crippen molar-refractivity contribution >= 4 is 0 Å². The molecule has 1 unspecified atom stereocenters. The lowest BCUT2D eigenvalue weighted by Crippen LogP contribution is -2.27. The topological polar surface area (TPSA) is 44.0 Å². The number of nitriles is 1. The molecule has 0 bridgehead atoms. The zero-order chi connectivity index (χ0) is 8.20. The number of halogens is 3. The van der Waals surface area contributed by atoms with Gasteiger partial charge in [-0.2, -0.15) is 18.4 Å². The van der Waals surface area contributed by atoms with Gasteiger partial charge in [0, 0.05) is 6.42 Å². The molecule has 0 radical (unpaired) electrons. The maximum absolute atomic E-state index is 11.4. The van der Waals surface area contributed by atoms with Gasteiger partial charge >= 0.3 is 6.18 Å². The van der Waals surface area contributed by atoms with Crippen molar-refractivity contribution in [2.75, 3.05) is 0 Å². The SMILES string of the molecule is N#CCCC(O)C(F)(F)F. The number of rotatable bonds is 2. The number of hydrogen-bond acceptors (Lipinski definition) is 2. The highest BCUT2D eigenvalue weighted by molar-refractivity contribution is 4.74. The molecule has 0 heterocycles. The summed E-state index contributed by atoms with van der Waals surface area (Å²) in [6, 6.07) is 1.51. The standard InChI is InChI=1S/C5H6F3NO/c6-5(7,8)4(10)2-1-3-9/h4,10H,1-2H2. The van der Waals surface area contributed by atoms with E-state index in [0.29, 0.717) is 0 Å². The molecule has 0 spiro atoms. The Balaban J connectivity index is 3.65. The van der Waals surface area contributed by atoms with Crippen molar-refractivity contribution in [3.05, 3.63) is 0 Å². The van der Waals surface area contributed by atoms with Crippen LogP contribution in [0.1, 0.15) is 12.8 Å². The van der Waals surface area contributed by atoms with Crippen LogP contribution >= 0.6 is 0 Å². The molecule has 0 rings (SSSR count). The summed E-state index contributed by atoms with van der Waals surface area (Å²) in [5.74, 6) is 0. The largest absolute Gasteiger partial charge is 0.414 e. The molecule has 0 aromatic rings. The van der Waals surface area contributed by atoms with E-state index in [2.05, 4.69) is 0 Å². The second kappa shape index (κ2) is 3.42. The van der Waals surface area contributed by atoms with E-state index in [-0.39, 0.29) is 6.42 Å². The van der Waals surface area contributed by atoms with Crippen molar-refractivity contribution in [1.82, 2.24) is 0 Å². The average molecular weight is 153 g/mol. The summed E-state index contributed by atoms with van der Waals surface area (Å²) in [4.78, 5) is 0. The smallest absolute Gasteiger partial charge is 0.384 e. The fourth-order valence-corrected chi connectivity index (χ4v) is 0.365. The lowest BCUT2D eigenvalue weighted by Gasteiger charge is -2.11. The number of alkyl halides is 3. The highest BCUT2D eigenvalue weighted by Gasteiger charge is 2.37. The van der Waals surface area contributed by atoms with Gasteiger partial charge in [-0.05, 0) is 6.42 Å². The molecular weight excluding hydrogens is 147 g/mol. The Morgan fingerprint density at radius 1 is 1.50 bits per heavy atom. The molecule has 10 heavy (non-hydrogen) atoms. The fraction of sp³-hybridized carbons (Fsp3) is 0.800. The van der Waals surface area contributed by atoms with Crippen LogP contribution in [-0.2, 0) is 0 Å². The predicted molar refractivity (Wildman–Crippen MR) is 26.9 cm³/mol. The van der Waals surface area contributed by atoms with Gasteiger partial charge in [0.05, 0.1) is 6.07 Å². The van der Waals surface area contributed by atoms with Gasteiger partial charge < -0.3 is 5.11 Å². The highest BCUT2D eigenvalue weighted by Crippen LogP contribution is 2.22. The van der Waals surface area contributed by atoms with Gasteiger partial charge in [-0.15, -0.1) is 0 Å². The van der Waals surface area contributed by atoms with Crippen LogP contribution < -0.4 is 0 Å². The molecule has 1 atom stereocenters. The Hall–Kier alpha value is -0.760. The van der Waals surface area contributed by atoms with Gasteiger partial charge in [0.1, 0.15) is 0 Å². The molecule has 2 nitrogen and oxygen atoms in total. The third-order valence-corrected chi connectivity index (χ3v) is 0.907. The molecule has 0 aromatic heterocycles. The minimum Gasteiger partial charge on any atom is -0.384 e. The number of nitrogens with zero attached hydrogens (tertiary/aromatic N) is 1. The summed E-state index contributed by atoms with van der Waals surface area (Å²) in [6.45, 7) is 0. The normalized spacial score (nSPS) is 14.3. The monoisotopic (exact) mass is 153 g/mol. The summed E-state index contributed by atoms with van der Waals surface area (Å²) < 4.78 is 34.2. The molecule has 1 N–H and O–H groups in total. The molecule has 0 amide bonds. The van der Waals surface area contributed by atoms with E-state index in [1.165, 1.54) is 6.07 Å². The molecule has 0 aromatic carbocycles. The molecular formula is C5H6F3NO. The predicted octanol–water partition coefficient (Wildman–Crippen LogP) is 1.21. The quantitative estimate of drug-likeness (QED) is 0.648. The van der Waals surface area contributed by atoms with E-state index in [1.54, 1.807) is 0 Å². The third-order valence-electron chi connectivity index (χ3n) is 0.907. The van der Waals surface area contributed by atoms with Crippen molar-refractivity contribution in [1.29, 1.82) is 5.26 Å². The summed E-state index contributed by atoms with van der Waals surface area (Å²) in [6.07, 6.45) is -7.76. The van der Waals surface area contributed by atoms with Gasteiger partial charge in [0.2, 0.25) is 0 Å². The Bertz CT molecular complexity index is 137. The van der Waals surface area contributed by atoms with Crippen LogP contribution in [0.2, 0.25) is 0 Å². The first-order valence-corrected chi connectivity index (χ1v) is 2.60. The zero-order valence-corrected chi connectivity index (χ0v) is 5.02. The van der Waals surface area contributed by atoms with Crippen LogP contribution in [0.15, 0.2) is 0 Å². The first kappa shape index (κ1) is 9.24. The molecule has 0 saturated carbocycles. The second-order valence-corrected chi connectivity index (χ2v) is 1.75. The number of aliphatic hydroxyl groups is 1. The third kappa shape index (κ3) is 3.30. The van der Waals surface area contributed by atoms with Crippen molar-refractivity contribution in [3.63, 3.8) is 0 Å². The number of hydrogen-bond donors (Lipinski definition) is 1.